The number of hydrazone groups is 1. The van der Waals surface area contributed by atoms with E-state index in [4.69, 9.17) is 9.47 Å². The minimum atomic E-state index is -0.247. The first-order chi connectivity index (χ1) is 15.5. The van der Waals surface area contributed by atoms with Crippen molar-refractivity contribution in [1.82, 2.24) is 5.01 Å². The van der Waals surface area contributed by atoms with E-state index in [0.29, 0.717) is 24.7 Å². The summed E-state index contributed by atoms with van der Waals surface area (Å²) < 4.78 is 12.7. The summed E-state index contributed by atoms with van der Waals surface area (Å²) in [5.74, 6) is 0.692. The van der Waals surface area contributed by atoms with Crippen LogP contribution in [0.25, 0.3) is 0 Å². The molecule has 6 nitrogen and oxygen atoms in total. The fourth-order valence-electron chi connectivity index (χ4n) is 4.86. The van der Waals surface area contributed by atoms with Crippen molar-refractivity contribution in [3.05, 3.63) is 70.2 Å². The van der Waals surface area contributed by atoms with E-state index in [1.54, 1.807) is 6.07 Å². The lowest BCUT2D eigenvalue weighted by Gasteiger charge is -2.13. The topological polar surface area (TPSA) is 68.2 Å². The van der Waals surface area contributed by atoms with Crippen molar-refractivity contribution in [2.24, 2.45) is 28.8 Å². The Morgan fingerprint density at radius 2 is 1.69 bits per heavy atom. The van der Waals surface area contributed by atoms with Crippen LogP contribution in [0.4, 0.5) is 0 Å². The number of carbonyl (C=O) groups excluding carboxylic acids is 2. The molecule has 3 aliphatic rings. The molecular weight excluding hydrogens is 472 g/mol. The summed E-state index contributed by atoms with van der Waals surface area (Å²) in [6, 6.07) is 13.4. The van der Waals surface area contributed by atoms with Gasteiger partial charge in [-0.25, -0.2) is 0 Å². The maximum atomic E-state index is 12.8. The number of imide groups is 1. The van der Waals surface area contributed by atoms with Gasteiger partial charge in [-0.3, -0.25) is 9.59 Å². The lowest BCUT2D eigenvalue weighted by Crippen LogP contribution is -2.28. The Kier molecular flexibility index (Phi) is 5.59. The van der Waals surface area contributed by atoms with Gasteiger partial charge in [-0.15, -0.1) is 0 Å². The molecule has 164 valence electrons. The van der Waals surface area contributed by atoms with Crippen LogP contribution in [0.15, 0.2) is 64.2 Å². The van der Waals surface area contributed by atoms with Crippen molar-refractivity contribution in [3.63, 3.8) is 0 Å². The van der Waals surface area contributed by atoms with Gasteiger partial charge in [0, 0.05) is 4.47 Å². The van der Waals surface area contributed by atoms with Crippen LogP contribution < -0.4 is 9.47 Å². The average Bonchev–Trinajstić information content (AvgIpc) is 3.47. The maximum Gasteiger partial charge on any atom is 0.254 e. The third-order valence-electron chi connectivity index (χ3n) is 6.34. The van der Waals surface area contributed by atoms with Crippen LogP contribution in [-0.4, -0.2) is 29.6 Å². The molecule has 2 fully saturated rings. The molecule has 2 aromatic carbocycles. The van der Waals surface area contributed by atoms with Crippen LogP contribution in [0.3, 0.4) is 0 Å². The van der Waals surface area contributed by atoms with Crippen molar-refractivity contribution in [3.8, 4) is 11.5 Å². The summed E-state index contributed by atoms with van der Waals surface area (Å²) in [5.41, 5.74) is 1.77. The van der Waals surface area contributed by atoms with Gasteiger partial charge in [0.2, 0.25) is 0 Å². The zero-order valence-electron chi connectivity index (χ0n) is 17.6. The van der Waals surface area contributed by atoms with Gasteiger partial charge in [0.05, 0.1) is 24.7 Å². The molecule has 0 aromatic heterocycles. The minimum absolute atomic E-state index is 0.174. The van der Waals surface area contributed by atoms with Gasteiger partial charge in [0.15, 0.2) is 11.5 Å². The molecule has 7 heteroatoms. The van der Waals surface area contributed by atoms with Gasteiger partial charge in [-0.1, -0.05) is 40.2 Å². The quantitative estimate of drug-likeness (QED) is 0.321. The lowest BCUT2D eigenvalue weighted by atomic mass is 9.85. The van der Waals surface area contributed by atoms with Gasteiger partial charge in [0.1, 0.15) is 6.61 Å². The molecular formula is C25H23BrN2O4. The Hall–Kier alpha value is -2.93. The number of fused-ring (bicyclic) bond motifs is 5. The molecule has 0 radical (unpaired) electrons. The highest BCUT2D eigenvalue weighted by Gasteiger charge is 2.59. The van der Waals surface area contributed by atoms with Crippen LogP contribution in [0, 0.1) is 23.7 Å². The zero-order chi connectivity index (χ0) is 22.2. The first kappa shape index (κ1) is 20.9. The highest BCUT2D eigenvalue weighted by atomic mass is 79.9. The van der Waals surface area contributed by atoms with E-state index in [2.05, 4.69) is 33.2 Å². The molecule has 2 aromatic rings. The number of allylic oxidation sites excluding steroid dienone is 2. The van der Waals surface area contributed by atoms with E-state index in [0.717, 1.165) is 27.0 Å². The third-order valence-corrected chi connectivity index (χ3v) is 6.87. The second kappa shape index (κ2) is 8.54. The predicted molar refractivity (Wildman–Crippen MR) is 123 cm³/mol. The number of rotatable bonds is 7. The number of halogens is 1. The number of hydrogen-bond acceptors (Lipinski definition) is 5. The highest BCUT2D eigenvalue weighted by molar-refractivity contribution is 9.10. The molecule has 2 amide bonds. The minimum Gasteiger partial charge on any atom is -0.490 e. The molecule has 1 saturated carbocycles. The van der Waals surface area contributed by atoms with E-state index in [9.17, 15) is 9.59 Å². The van der Waals surface area contributed by atoms with Crippen molar-refractivity contribution in [2.45, 2.75) is 20.0 Å². The number of ether oxygens (including phenoxy) is 2. The summed E-state index contributed by atoms with van der Waals surface area (Å²) in [4.78, 5) is 25.6. The van der Waals surface area contributed by atoms with Crippen LogP contribution in [-0.2, 0) is 16.2 Å². The molecule has 0 N–H and O–H groups in total. The number of benzene rings is 2. The largest absolute Gasteiger partial charge is 0.490 e. The van der Waals surface area contributed by atoms with Gasteiger partial charge in [0.25, 0.3) is 11.8 Å². The zero-order valence-corrected chi connectivity index (χ0v) is 19.2. The first-order valence-corrected chi connectivity index (χ1v) is 11.6. The molecule has 2 bridgehead atoms. The summed E-state index contributed by atoms with van der Waals surface area (Å²) in [6.45, 7) is 2.80. The summed E-state index contributed by atoms with van der Waals surface area (Å²) in [5, 5.41) is 5.30. The van der Waals surface area contributed by atoms with Crippen LogP contribution >= 0.6 is 15.9 Å². The van der Waals surface area contributed by atoms with Crippen molar-refractivity contribution in [2.75, 3.05) is 6.61 Å². The van der Waals surface area contributed by atoms with Gasteiger partial charge in [-0.2, -0.15) is 10.1 Å². The standard InChI is InChI=1S/C25H23BrN2O4/c1-2-31-21-11-16(5-10-20(21)32-14-15-3-8-19(26)9-4-15)13-27-28-24(29)22-17-6-7-18(12-17)23(22)25(28)30/h3-11,13,17-18,22-23H,2,12,14H2,1H3/b27-13-/t17-,18-,22-,23-/m0/s1. The van der Waals surface area contributed by atoms with Crippen molar-refractivity contribution in [1.29, 1.82) is 0 Å². The number of amides is 2. The molecule has 0 spiro atoms. The van der Waals surface area contributed by atoms with Crippen molar-refractivity contribution < 1.29 is 19.1 Å². The van der Waals surface area contributed by atoms with Gasteiger partial charge in [-0.05, 0) is 66.6 Å². The Morgan fingerprint density at radius 3 is 2.34 bits per heavy atom. The second-order valence-electron chi connectivity index (χ2n) is 8.29. The lowest BCUT2D eigenvalue weighted by molar-refractivity contribution is -0.140. The molecule has 32 heavy (non-hydrogen) atoms. The van der Waals surface area contributed by atoms with E-state index in [-0.39, 0.29) is 35.5 Å². The van der Waals surface area contributed by atoms with Crippen LogP contribution in [0.1, 0.15) is 24.5 Å². The Labute approximate surface area is 195 Å². The van der Waals surface area contributed by atoms with E-state index < -0.39 is 0 Å². The molecule has 5 rings (SSSR count). The van der Waals surface area contributed by atoms with Gasteiger partial charge < -0.3 is 9.47 Å². The Bertz CT molecular complexity index is 1080. The van der Waals surface area contributed by atoms with E-state index >= 15 is 0 Å². The Balaban J connectivity index is 1.30. The SMILES string of the molecule is CCOc1cc(/C=N\N2C(=O)[C@@H]3[C@@H](C2=O)[C@H]2C=C[C@H]3C2)ccc1OCc1ccc(Br)cc1. The average molecular weight is 495 g/mol. The van der Waals surface area contributed by atoms with E-state index in [1.165, 1.54) is 6.21 Å². The normalized spacial score (nSPS) is 25.8. The summed E-state index contributed by atoms with van der Waals surface area (Å²) in [7, 11) is 0. The molecule has 2 aliphatic carbocycles. The van der Waals surface area contributed by atoms with Crippen LogP contribution in [0.5, 0.6) is 11.5 Å². The maximum absolute atomic E-state index is 12.8. The summed E-state index contributed by atoms with van der Waals surface area (Å²) >= 11 is 3.43. The molecule has 1 saturated heterocycles. The van der Waals surface area contributed by atoms with E-state index in [1.807, 2.05) is 43.3 Å². The fourth-order valence-corrected chi connectivity index (χ4v) is 5.12. The molecule has 1 aliphatic heterocycles. The van der Waals surface area contributed by atoms with Crippen molar-refractivity contribution >= 4 is 34.0 Å². The number of nitrogens with zero attached hydrogens (tertiary/aromatic N) is 2. The highest BCUT2D eigenvalue weighted by Crippen LogP contribution is 2.52. The monoisotopic (exact) mass is 494 g/mol. The van der Waals surface area contributed by atoms with Crippen LogP contribution in [0.2, 0.25) is 0 Å². The Morgan fingerprint density at radius 1 is 1.00 bits per heavy atom. The first-order valence-electron chi connectivity index (χ1n) is 10.8. The third kappa shape index (κ3) is 3.75. The second-order valence-corrected chi connectivity index (χ2v) is 9.20. The number of carbonyl (C=O) groups is 2. The molecule has 0 unspecified atom stereocenters. The molecule has 4 atom stereocenters. The predicted octanol–water partition coefficient (Wildman–Crippen LogP) is 4.57. The number of hydrogen-bond donors (Lipinski definition) is 0. The fraction of sp³-hybridized carbons (Fsp3) is 0.320. The van der Waals surface area contributed by atoms with Gasteiger partial charge >= 0.3 is 0 Å². The smallest absolute Gasteiger partial charge is 0.254 e. The molecule has 1 heterocycles. The summed E-state index contributed by atoms with van der Waals surface area (Å²) in [6.07, 6.45) is 6.59.